The Morgan fingerprint density at radius 1 is 0.917 bits per heavy atom. The second kappa shape index (κ2) is 7.25. The first-order chi connectivity index (χ1) is 11.3. The molecule has 0 N–H and O–H groups in total. The molecule has 3 aromatic carbocycles. The smallest absolute Gasteiger partial charge is 0.0163 e. The molecule has 24 heavy (non-hydrogen) atoms. The largest absolute Gasteiger partial charge is 0.305 e. The molecule has 4 aromatic rings. The molecule has 1 aromatic heterocycles. The van der Waals surface area contributed by atoms with Crippen LogP contribution in [0, 0.1) is 6.07 Å². The summed E-state index contributed by atoms with van der Waals surface area (Å²) in [5, 5.41) is 5.03. The summed E-state index contributed by atoms with van der Waals surface area (Å²) in [6.45, 7) is 2.20. The third-order valence-electron chi connectivity index (χ3n) is 4.32. The quantitative estimate of drug-likeness (QED) is 0.262. The van der Waals surface area contributed by atoms with Crippen molar-refractivity contribution in [3.8, 4) is 11.3 Å². The maximum atomic E-state index is 4.53. The summed E-state index contributed by atoms with van der Waals surface area (Å²) in [5.41, 5.74) is 3.40. The van der Waals surface area contributed by atoms with E-state index in [-0.39, 0.29) is 20.1 Å². The molecule has 0 atom stereocenters. The fourth-order valence-electron chi connectivity index (χ4n) is 3.16. The van der Waals surface area contributed by atoms with Crippen LogP contribution in [-0.2, 0) is 26.5 Å². The van der Waals surface area contributed by atoms with Gasteiger partial charge in [0.05, 0.1) is 0 Å². The minimum atomic E-state index is 0. The molecule has 2 heteroatoms. The number of hydrogen-bond donors (Lipinski definition) is 0. The number of aromatic nitrogens is 1. The maximum absolute atomic E-state index is 4.53. The average molecular weight is 489 g/mol. The van der Waals surface area contributed by atoms with Crippen LogP contribution in [0.1, 0.15) is 18.9 Å². The van der Waals surface area contributed by atoms with E-state index in [0.29, 0.717) is 0 Å². The van der Waals surface area contributed by atoms with E-state index < -0.39 is 0 Å². The zero-order valence-corrected chi connectivity index (χ0v) is 15.9. The van der Waals surface area contributed by atoms with Gasteiger partial charge in [0.15, 0.2) is 0 Å². The van der Waals surface area contributed by atoms with Gasteiger partial charge in [0.1, 0.15) is 0 Å². The molecule has 121 valence electrons. The first kappa shape index (κ1) is 16.8. The van der Waals surface area contributed by atoms with Crippen LogP contribution in [0.3, 0.4) is 0 Å². The van der Waals surface area contributed by atoms with Gasteiger partial charge in [0, 0.05) is 26.3 Å². The fourth-order valence-corrected chi connectivity index (χ4v) is 3.16. The number of hydrogen-bond acceptors (Lipinski definition) is 1. The Morgan fingerprint density at radius 2 is 1.75 bits per heavy atom. The van der Waals surface area contributed by atoms with Gasteiger partial charge in [0.25, 0.3) is 0 Å². The summed E-state index contributed by atoms with van der Waals surface area (Å²) in [6.07, 6.45) is 4.14. The van der Waals surface area contributed by atoms with Crippen molar-refractivity contribution in [2.24, 2.45) is 0 Å². The van der Waals surface area contributed by atoms with Gasteiger partial charge in [-0.15, -0.1) is 29.1 Å². The Labute approximate surface area is 156 Å². The molecule has 1 nitrogen and oxygen atoms in total. The predicted octanol–water partition coefficient (Wildman–Crippen LogP) is 5.81. The molecular formula is C22H18IrN-. The van der Waals surface area contributed by atoms with Crippen molar-refractivity contribution in [2.75, 3.05) is 0 Å². The molecule has 0 unspecified atom stereocenters. The summed E-state index contributed by atoms with van der Waals surface area (Å²) in [5.74, 6) is 0. The second-order valence-electron chi connectivity index (χ2n) is 5.94. The van der Waals surface area contributed by atoms with Crippen LogP contribution < -0.4 is 0 Å². The Morgan fingerprint density at radius 3 is 2.62 bits per heavy atom. The maximum Gasteiger partial charge on any atom is 0.0163 e. The molecule has 0 fully saturated rings. The Balaban J connectivity index is 0.00000169. The van der Waals surface area contributed by atoms with Crippen LogP contribution in [-0.4, -0.2) is 4.98 Å². The zero-order valence-electron chi connectivity index (χ0n) is 13.5. The van der Waals surface area contributed by atoms with Gasteiger partial charge in [-0.05, 0) is 23.6 Å². The van der Waals surface area contributed by atoms with Crippen LogP contribution in [0.5, 0.6) is 0 Å². The van der Waals surface area contributed by atoms with Crippen molar-refractivity contribution in [3.63, 3.8) is 0 Å². The number of nitrogens with zero attached hydrogens (tertiary/aromatic N) is 1. The molecule has 4 rings (SSSR count). The zero-order chi connectivity index (χ0) is 15.6. The molecule has 0 aliphatic carbocycles. The van der Waals surface area contributed by atoms with Gasteiger partial charge in [-0.1, -0.05) is 72.1 Å². The third-order valence-corrected chi connectivity index (χ3v) is 4.32. The minimum Gasteiger partial charge on any atom is -0.305 e. The first-order valence-electron chi connectivity index (χ1n) is 8.13. The molecule has 0 bridgehead atoms. The van der Waals surface area contributed by atoms with Crippen molar-refractivity contribution in [1.82, 2.24) is 4.98 Å². The van der Waals surface area contributed by atoms with Gasteiger partial charge in [0.2, 0.25) is 0 Å². The normalized spacial score (nSPS) is 10.7. The number of rotatable bonds is 3. The van der Waals surface area contributed by atoms with Gasteiger partial charge in [-0.2, -0.15) is 0 Å². The van der Waals surface area contributed by atoms with Gasteiger partial charge >= 0.3 is 0 Å². The summed E-state index contributed by atoms with van der Waals surface area (Å²) < 4.78 is 0. The molecule has 0 aliphatic rings. The van der Waals surface area contributed by atoms with E-state index in [0.717, 1.165) is 24.1 Å². The second-order valence-corrected chi connectivity index (χ2v) is 5.94. The van der Waals surface area contributed by atoms with Crippen molar-refractivity contribution in [3.05, 3.63) is 78.5 Å². The van der Waals surface area contributed by atoms with E-state index >= 15 is 0 Å². The van der Waals surface area contributed by atoms with Gasteiger partial charge in [-0.25, -0.2) is 0 Å². The van der Waals surface area contributed by atoms with E-state index in [4.69, 9.17) is 0 Å². The Hall–Kier alpha value is -2.02. The molecule has 0 spiro atoms. The predicted molar refractivity (Wildman–Crippen MR) is 97.5 cm³/mol. The van der Waals surface area contributed by atoms with E-state index in [1.165, 1.54) is 27.1 Å². The van der Waals surface area contributed by atoms with Crippen LogP contribution in [0.15, 0.2) is 66.9 Å². The Bertz CT molecular complexity index is 991. The van der Waals surface area contributed by atoms with Crippen molar-refractivity contribution in [2.45, 2.75) is 19.8 Å². The number of aryl methyl sites for hydroxylation is 1. The van der Waals surface area contributed by atoms with Crippen molar-refractivity contribution < 1.29 is 20.1 Å². The minimum absolute atomic E-state index is 0. The van der Waals surface area contributed by atoms with E-state index in [1.54, 1.807) is 0 Å². The fraction of sp³-hybridized carbons (Fsp3) is 0.136. The van der Waals surface area contributed by atoms with Crippen LogP contribution >= 0.6 is 0 Å². The Kier molecular flexibility index (Phi) is 5.08. The molecule has 1 radical (unpaired) electrons. The summed E-state index contributed by atoms with van der Waals surface area (Å²) in [6, 6.07) is 24.9. The monoisotopic (exact) mass is 489 g/mol. The van der Waals surface area contributed by atoms with Crippen LogP contribution in [0.2, 0.25) is 0 Å². The van der Waals surface area contributed by atoms with E-state index in [9.17, 15) is 0 Å². The summed E-state index contributed by atoms with van der Waals surface area (Å²) in [7, 11) is 0. The van der Waals surface area contributed by atoms with Crippen molar-refractivity contribution >= 4 is 21.5 Å². The molecule has 0 aliphatic heterocycles. The van der Waals surface area contributed by atoms with E-state index in [1.807, 2.05) is 6.20 Å². The molecule has 0 saturated heterocycles. The number of benzene rings is 3. The van der Waals surface area contributed by atoms with Gasteiger partial charge in [-0.3, -0.25) is 0 Å². The van der Waals surface area contributed by atoms with Crippen LogP contribution in [0.25, 0.3) is 32.8 Å². The number of fused-ring (bicyclic) bond motifs is 3. The third kappa shape index (κ3) is 3.13. The topological polar surface area (TPSA) is 12.9 Å². The standard InChI is InChI=1S/C22H18N.Ir/c1-2-5-16-12-13-23-22(14-16)19-10-11-21-18(15-19)9-8-17-6-3-4-7-20(17)21;/h3-4,6-9,11-15H,2,5H2,1H3;/q-1;. The van der Waals surface area contributed by atoms with Crippen LogP contribution in [0.4, 0.5) is 0 Å². The number of pyridine rings is 1. The summed E-state index contributed by atoms with van der Waals surface area (Å²) >= 11 is 0. The SMILES string of the molecule is CCCc1ccnc(-c2[c-]cc3c(ccc4ccccc43)c2)c1.[Ir]. The van der Waals surface area contributed by atoms with Gasteiger partial charge < -0.3 is 4.98 Å². The first-order valence-corrected chi connectivity index (χ1v) is 8.13. The van der Waals surface area contributed by atoms with Crippen molar-refractivity contribution in [1.29, 1.82) is 0 Å². The molecule has 1 heterocycles. The average Bonchev–Trinajstić information content (AvgIpc) is 2.62. The summed E-state index contributed by atoms with van der Waals surface area (Å²) in [4.78, 5) is 4.53. The van der Waals surface area contributed by atoms with E-state index in [2.05, 4.69) is 78.6 Å². The molecule has 0 amide bonds. The molecular weight excluding hydrogens is 470 g/mol. The molecule has 0 saturated carbocycles.